The number of benzene rings is 1. The average molecular weight is 360 g/mol. The van der Waals surface area contributed by atoms with Crippen LogP contribution in [0.25, 0.3) is 0 Å². The van der Waals surface area contributed by atoms with Gasteiger partial charge in [-0.1, -0.05) is 12.1 Å². The molecule has 7 heteroatoms. The lowest BCUT2D eigenvalue weighted by molar-refractivity contribution is -0.136. The fourth-order valence-electron chi connectivity index (χ4n) is 3.85. The third-order valence-electron chi connectivity index (χ3n) is 5.15. The van der Waals surface area contributed by atoms with E-state index in [2.05, 4.69) is 4.90 Å². The van der Waals surface area contributed by atoms with Gasteiger partial charge in [0.1, 0.15) is 12.7 Å². The molecule has 3 aliphatic heterocycles. The van der Waals surface area contributed by atoms with Gasteiger partial charge >= 0.3 is 6.09 Å². The fourth-order valence-corrected chi connectivity index (χ4v) is 3.85. The van der Waals surface area contributed by atoms with Crippen molar-refractivity contribution in [2.45, 2.75) is 44.4 Å². The maximum absolute atomic E-state index is 12.5. The summed E-state index contributed by atoms with van der Waals surface area (Å²) in [5, 5.41) is 0. The first-order valence-electron chi connectivity index (χ1n) is 9.11. The summed E-state index contributed by atoms with van der Waals surface area (Å²) in [5.74, 6) is 1.28. The van der Waals surface area contributed by atoms with Crippen molar-refractivity contribution in [1.29, 1.82) is 0 Å². The lowest BCUT2D eigenvalue weighted by atomic mass is 10.0. The smallest absolute Gasteiger partial charge is 0.418 e. The van der Waals surface area contributed by atoms with E-state index in [9.17, 15) is 9.59 Å². The van der Waals surface area contributed by atoms with Crippen LogP contribution >= 0.6 is 0 Å². The van der Waals surface area contributed by atoms with Crippen molar-refractivity contribution in [2.24, 2.45) is 0 Å². The maximum Gasteiger partial charge on any atom is 0.418 e. The van der Waals surface area contributed by atoms with E-state index in [1.165, 1.54) is 4.90 Å². The van der Waals surface area contributed by atoms with Crippen LogP contribution in [0, 0.1) is 0 Å². The van der Waals surface area contributed by atoms with Crippen molar-refractivity contribution in [2.75, 3.05) is 26.2 Å². The molecule has 0 unspecified atom stereocenters. The third kappa shape index (κ3) is 3.11. The molecule has 0 radical (unpaired) electrons. The number of ether oxygens (including phenoxy) is 3. The van der Waals surface area contributed by atoms with Crippen LogP contribution in [0.4, 0.5) is 4.79 Å². The van der Waals surface area contributed by atoms with Crippen LogP contribution in [-0.2, 0) is 9.53 Å². The number of amides is 2. The summed E-state index contributed by atoms with van der Waals surface area (Å²) in [6, 6.07) is 7.50. The molecular formula is C19H24N2O5. The van der Waals surface area contributed by atoms with Crippen LogP contribution in [0.2, 0.25) is 0 Å². The second-order valence-electron chi connectivity index (χ2n) is 7.61. The summed E-state index contributed by atoms with van der Waals surface area (Å²) >= 11 is 0. The number of likely N-dealkylation sites (tertiary alicyclic amines) is 1. The van der Waals surface area contributed by atoms with Gasteiger partial charge in [0.25, 0.3) is 5.91 Å². The molecule has 2 saturated heterocycles. The van der Waals surface area contributed by atoms with Crippen LogP contribution < -0.4 is 9.47 Å². The van der Waals surface area contributed by atoms with Gasteiger partial charge in [-0.05, 0) is 45.4 Å². The fraction of sp³-hybridized carbons (Fsp3) is 0.579. The molecule has 0 aliphatic carbocycles. The zero-order valence-corrected chi connectivity index (χ0v) is 15.1. The Morgan fingerprint density at radius 1 is 1.19 bits per heavy atom. The standard InChI is InChI=1S/C19H24N2O5/c1-19(2)17(22)21(18(23)26-19)13-6-5-9-20(10-13)11-14-12-24-15-7-3-4-8-16(15)25-14/h3-4,7-8,13-14H,5-6,9-12H2,1-2H3/t13-,14-/m0/s1. The highest BCUT2D eigenvalue weighted by molar-refractivity contribution is 6.02. The van der Waals surface area contributed by atoms with Gasteiger partial charge in [-0.15, -0.1) is 0 Å². The highest BCUT2D eigenvalue weighted by atomic mass is 16.6. The molecular weight excluding hydrogens is 336 g/mol. The molecule has 2 fully saturated rings. The van der Waals surface area contributed by atoms with E-state index in [1.807, 2.05) is 24.3 Å². The molecule has 0 saturated carbocycles. The normalized spacial score (nSPS) is 28.2. The Hall–Kier alpha value is -2.28. The quantitative estimate of drug-likeness (QED) is 0.822. The second kappa shape index (κ2) is 6.46. The highest BCUT2D eigenvalue weighted by Gasteiger charge is 2.50. The van der Waals surface area contributed by atoms with E-state index in [0.29, 0.717) is 19.7 Å². The van der Waals surface area contributed by atoms with Crippen LogP contribution in [0.3, 0.4) is 0 Å². The Labute approximate surface area is 152 Å². The monoisotopic (exact) mass is 360 g/mol. The van der Waals surface area contributed by atoms with Gasteiger partial charge in [-0.3, -0.25) is 9.69 Å². The Balaban J connectivity index is 1.39. The van der Waals surface area contributed by atoms with Crippen LogP contribution in [0.15, 0.2) is 24.3 Å². The van der Waals surface area contributed by atoms with Crippen molar-refractivity contribution in [1.82, 2.24) is 9.80 Å². The molecule has 140 valence electrons. The van der Waals surface area contributed by atoms with Crippen molar-refractivity contribution < 1.29 is 23.8 Å². The molecule has 0 N–H and O–H groups in total. The molecule has 3 aliphatic rings. The molecule has 0 aromatic heterocycles. The minimum atomic E-state index is -1.07. The van der Waals surface area contributed by atoms with Gasteiger partial charge in [0.05, 0.1) is 6.04 Å². The SMILES string of the molecule is CC1(C)OC(=O)N([C@H]2CCCN(C[C@H]3COc4ccccc4O3)C2)C1=O. The lowest BCUT2D eigenvalue weighted by Crippen LogP contribution is -2.53. The summed E-state index contributed by atoms with van der Waals surface area (Å²) in [5.41, 5.74) is -1.07. The number of para-hydroxylation sites is 2. The number of imide groups is 1. The Morgan fingerprint density at radius 3 is 2.69 bits per heavy atom. The number of carbonyl (C=O) groups excluding carboxylic acids is 2. The van der Waals surface area contributed by atoms with Gasteiger partial charge in [-0.25, -0.2) is 9.69 Å². The van der Waals surface area contributed by atoms with Crippen molar-refractivity contribution in [3.8, 4) is 11.5 Å². The van der Waals surface area contributed by atoms with E-state index in [0.717, 1.165) is 30.9 Å². The third-order valence-corrected chi connectivity index (χ3v) is 5.15. The number of carbonyl (C=O) groups is 2. The van der Waals surface area contributed by atoms with E-state index < -0.39 is 11.7 Å². The predicted molar refractivity (Wildman–Crippen MR) is 93.2 cm³/mol. The Kier molecular flexibility index (Phi) is 4.26. The molecule has 3 heterocycles. The number of fused-ring (bicyclic) bond motifs is 1. The molecule has 7 nitrogen and oxygen atoms in total. The van der Waals surface area contributed by atoms with Crippen molar-refractivity contribution in [3.05, 3.63) is 24.3 Å². The summed E-state index contributed by atoms with van der Waals surface area (Å²) < 4.78 is 17.0. The molecule has 1 aromatic carbocycles. The molecule has 0 spiro atoms. The first-order chi connectivity index (χ1) is 12.4. The molecule has 26 heavy (non-hydrogen) atoms. The first-order valence-corrected chi connectivity index (χ1v) is 9.11. The summed E-state index contributed by atoms with van der Waals surface area (Å²) in [6.07, 6.45) is 1.13. The number of piperidine rings is 1. The molecule has 1 aromatic rings. The Bertz CT molecular complexity index is 720. The van der Waals surface area contributed by atoms with Crippen LogP contribution in [-0.4, -0.2) is 65.8 Å². The largest absolute Gasteiger partial charge is 0.486 e. The van der Waals surface area contributed by atoms with Gasteiger partial charge in [0.2, 0.25) is 0 Å². The van der Waals surface area contributed by atoms with Gasteiger partial charge in [0.15, 0.2) is 17.1 Å². The molecule has 2 amide bonds. The average Bonchev–Trinajstić information content (AvgIpc) is 2.82. The van der Waals surface area contributed by atoms with Gasteiger partial charge in [0, 0.05) is 13.1 Å². The summed E-state index contributed by atoms with van der Waals surface area (Å²) in [7, 11) is 0. The summed E-state index contributed by atoms with van der Waals surface area (Å²) in [6.45, 7) is 6.02. The zero-order valence-electron chi connectivity index (χ0n) is 15.1. The van der Waals surface area contributed by atoms with Crippen molar-refractivity contribution >= 4 is 12.0 Å². The number of hydrogen-bond acceptors (Lipinski definition) is 6. The second-order valence-corrected chi connectivity index (χ2v) is 7.61. The number of cyclic esters (lactones) is 1. The van der Waals surface area contributed by atoms with Gasteiger partial charge < -0.3 is 14.2 Å². The topological polar surface area (TPSA) is 68.3 Å². The van der Waals surface area contributed by atoms with E-state index >= 15 is 0 Å². The molecule has 0 bridgehead atoms. The molecule has 4 rings (SSSR count). The number of rotatable bonds is 3. The minimum Gasteiger partial charge on any atom is -0.486 e. The lowest BCUT2D eigenvalue weighted by Gasteiger charge is -2.38. The number of hydrogen-bond donors (Lipinski definition) is 0. The van der Waals surface area contributed by atoms with E-state index in [1.54, 1.807) is 13.8 Å². The van der Waals surface area contributed by atoms with Crippen LogP contribution in [0.1, 0.15) is 26.7 Å². The summed E-state index contributed by atoms with van der Waals surface area (Å²) in [4.78, 5) is 28.2. The Morgan fingerprint density at radius 2 is 1.96 bits per heavy atom. The maximum atomic E-state index is 12.5. The van der Waals surface area contributed by atoms with Gasteiger partial charge in [-0.2, -0.15) is 0 Å². The van der Waals surface area contributed by atoms with Crippen LogP contribution in [0.5, 0.6) is 11.5 Å². The first kappa shape index (κ1) is 17.1. The predicted octanol–water partition coefficient (Wildman–Crippen LogP) is 2.05. The number of nitrogens with zero attached hydrogens (tertiary/aromatic N) is 2. The van der Waals surface area contributed by atoms with E-state index in [4.69, 9.17) is 14.2 Å². The minimum absolute atomic E-state index is 0.0682. The zero-order chi connectivity index (χ0) is 18.3. The van der Waals surface area contributed by atoms with Crippen molar-refractivity contribution in [3.63, 3.8) is 0 Å². The molecule has 2 atom stereocenters. The van der Waals surface area contributed by atoms with E-state index in [-0.39, 0.29) is 18.1 Å². The highest BCUT2D eigenvalue weighted by Crippen LogP contribution is 2.32.